The molecule has 2 aromatic rings. The van der Waals surface area contributed by atoms with Crippen molar-refractivity contribution in [2.24, 2.45) is 5.11 Å². The van der Waals surface area contributed by atoms with Crippen LogP contribution >= 0.6 is 0 Å². The fourth-order valence-electron chi connectivity index (χ4n) is 2.75. The van der Waals surface area contributed by atoms with E-state index in [0.29, 0.717) is 35.5 Å². The molecule has 1 aliphatic rings. The summed E-state index contributed by atoms with van der Waals surface area (Å²) < 4.78 is 40.8. The first-order valence-electron chi connectivity index (χ1n) is 6.84. The number of alkyl halides is 3. The number of hydrogen-bond acceptors (Lipinski definition) is 2. The van der Waals surface area contributed by atoms with Gasteiger partial charge in [-0.25, -0.2) is 4.68 Å². The molecule has 0 radical (unpaired) electrons. The highest BCUT2D eigenvalue weighted by Gasteiger charge is 2.39. The lowest BCUT2D eigenvalue weighted by molar-refractivity contribution is -0.142. The fraction of sp³-hybridized carbons (Fsp3) is 0.357. The maximum absolute atomic E-state index is 13.1. The first-order valence-corrected chi connectivity index (χ1v) is 6.84. The lowest BCUT2D eigenvalue weighted by Crippen LogP contribution is -2.11. The van der Waals surface area contributed by atoms with Crippen molar-refractivity contribution in [3.05, 3.63) is 51.7 Å². The summed E-state index contributed by atoms with van der Waals surface area (Å²) in [4.78, 5) is 2.67. The molecule has 22 heavy (non-hydrogen) atoms. The van der Waals surface area contributed by atoms with E-state index < -0.39 is 11.9 Å². The van der Waals surface area contributed by atoms with Gasteiger partial charge in [0.2, 0.25) is 0 Å². The molecule has 1 aromatic heterocycles. The van der Waals surface area contributed by atoms with Gasteiger partial charge in [0.1, 0.15) is 0 Å². The van der Waals surface area contributed by atoms with Crippen molar-refractivity contribution in [3.63, 3.8) is 0 Å². The summed E-state index contributed by atoms with van der Waals surface area (Å²) in [6, 6.07) is 6.32. The lowest BCUT2D eigenvalue weighted by Gasteiger charge is -2.14. The summed E-state index contributed by atoms with van der Waals surface area (Å²) in [5.41, 5.74) is 9.45. The van der Waals surface area contributed by atoms with E-state index in [4.69, 9.17) is 5.53 Å². The van der Waals surface area contributed by atoms with Gasteiger partial charge in [-0.3, -0.25) is 0 Å². The Morgan fingerprint density at radius 3 is 2.45 bits per heavy atom. The Morgan fingerprint density at radius 2 is 1.82 bits per heavy atom. The number of aromatic nitrogens is 2. The molecule has 0 N–H and O–H groups in total. The van der Waals surface area contributed by atoms with Crippen LogP contribution < -0.4 is 0 Å². The zero-order valence-electron chi connectivity index (χ0n) is 11.5. The smallest absolute Gasteiger partial charge is 0.237 e. The van der Waals surface area contributed by atoms with E-state index >= 15 is 0 Å². The van der Waals surface area contributed by atoms with Crippen molar-refractivity contribution in [3.8, 4) is 5.69 Å². The lowest BCUT2D eigenvalue weighted by atomic mass is 9.95. The molecule has 1 aromatic carbocycles. The number of halogens is 3. The van der Waals surface area contributed by atoms with Crippen LogP contribution in [0.15, 0.2) is 29.4 Å². The van der Waals surface area contributed by atoms with E-state index in [2.05, 4.69) is 15.1 Å². The number of nitrogens with zero attached hydrogens (tertiary/aromatic N) is 5. The number of benzene rings is 1. The molecular weight excluding hydrogens is 295 g/mol. The van der Waals surface area contributed by atoms with E-state index in [1.54, 1.807) is 24.3 Å². The van der Waals surface area contributed by atoms with Gasteiger partial charge in [-0.2, -0.15) is 18.3 Å². The van der Waals surface area contributed by atoms with Gasteiger partial charge >= 0.3 is 6.18 Å². The van der Waals surface area contributed by atoms with Crippen LogP contribution in [0.25, 0.3) is 16.1 Å². The average molecular weight is 307 g/mol. The third kappa shape index (κ3) is 2.53. The van der Waals surface area contributed by atoms with Crippen LogP contribution in [0.4, 0.5) is 18.9 Å². The zero-order valence-corrected chi connectivity index (χ0v) is 11.5. The molecule has 0 spiro atoms. The molecule has 3 rings (SSSR count). The highest BCUT2D eigenvalue weighted by atomic mass is 19.4. The highest BCUT2D eigenvalue weighted by molar-refractivity contribution is 5.46. The Hall–Kier alpha value is -2.47. The standard InChI is InChI=1S/C14H12F3N5/c15-14(16,17)13-11-3-1-2-4-12(11)22(20-13)10-7-5-9(6-8-10)19-21-18/h5-8H,1-4H2. The van der Waals surface area contributed by atoms with Crippen LogP contribution in [-0.4, -0.2) is 9.78 Å². The van der Waals surface area contributed by atoms with E-state index in [1.165, 1.54) is 4.68 Å². The minimum Gasteiger partial charge on any atom is -0.237 e. The molecule has 0 amide bonds. The van der Waals surface area contributed by atoms with Crippen LogP contribution in [-0.2, 0) is 19.0 Å². The van der Waals surface area contributed by atoms with E-state index in [-0.39, 0.29) is 0 Å². The molecule has 0 unspecified atom stereocenters. The van der Waals surface area contributed by atoms with Crippen LogP contribution in [0.5, 0.6) is 0 Å². The summed E-state index contributed by atoms with van der Waals surface area (Å²) in [6.45, 7) is 0. The molecule has 0 saturated carbocycles. The van der Waals surface area contributed by atoms with E-state index in [9.17, 15) is 13.2 Å². The van der Waals surface area contributed by atoms with Gasteiger partial charge in [0.15, 0.2) is 5.69 Å². The Balaban J connectivity index is 2.10. The molecule has 0 fully saturated rings. The van der Waals surface area contributed by atoms with Gasteiger partial charge in [-0.1, -0.05) is 17.2 Å². The van der Waals surface area contributed by atoms with Gasteiger partial charge in [0.25, 0.3) is 0 Å². The number of hydrogen-bond donors (Lipinski definition) is 0. The predicted molar refractivity (Wildman–Crippen MR) is 74.0 cm³/mol. The molecule has 1 aliphatic carbocycles. The molecule has 8 heteroatoms. The number of fused-ring (bicyclic) bond motifs is 1. The molecule has 0 atom stereocenters. The van der Waals surface area contributed by atoms with Gasteiger partial charge in [0, 0.05) is 21.9 Å². The summed E-state index contributed by atoms with van der Waals surface area (Å²) >= 11 is 0. The third-order valence-corrected chi connectivity index (χ3v) is 3.70. The number of rotatable bonds is 2. The minimum absolute atomic E-state index is 0.304. The van der Waals surface area contributed by atoms with Crippen molar-refractivity contribution < 1.29 is 13.2 Å². The average Bonchev–Trinajstić information content (AvgIpc) is 2.88. The SMILES string of the molecule is [N-]=[N+]=Nc1ccc(-n2nc(C(F)(F)F)c3c2CCCC3)cc1. The van der Waals surface area contributed by atoms with Crippen LogP contribution in [0, 0.1) is 0 Å². The Bertz CT molecular complexity index is 739. The molecule has 0 aliphatic heterocycles. The van der Waals surface area contributed by atoms with Crippen molar-refractivity contribution in [1.82, 2.24) is 9.78 Å². The molecular formula is C14H12F3N5. The molecule has 1 heterocycles. The minimum atomic E-state index is -4.45. The first-order chi connectivity index (χ1) is 10.5. The van der Waals surface area contributed by atoms with E-state index in [1.807, 2.05) is 0 Å². The van der Waals surface area contributed by atoms with Gasteiger partial charge in [-0.05, 0) is 43.3 Å². The van der Waals surface area contributed by atoms with Crippen molar-refractivity contribution in [2.45, 2.75) is 31.9 Å². The predicted octanol–water partition coefficient (Wildman–Crippen LogP) is 4.71. The third-order valence-electron chi connectivity index (χ3n) is 3.70. The second kappa shape index (κ2) is 5.38. The van der Waals surface area contributed by atoms with Crippen molar-refractivity contribution in [2.75, 3.05) is 0 Å². The maximum Gasteiger partial charge on any atom is 0.435 e. The number of azide groups is 1. The summed E-state index contributed by atoms with van der Waals surface area (Å²) in [6.07, 6.45) is -1.86. The Kier molecular flexibility index (Phi) is 3.54. The normalized spacial score (nSPS) is 14.3. The Morgan fingerprint density at radius 1 is 1.14 bits per heavy atom. The van der Waals surface area contributed by atoms with Crippen molar-refractivity contribution >= 4 is 5.69 Å². The monoisotopic (exact) mass is 307 g/mol. The van der Waals surface area contributed by atoms with Crippen LogP contribution in [0.1, 0.15) is 29.8 Å². The summed E-state index contributed by atoms with van der Waals surface area (Å²) in [5.74, 6) is 0. The summed E-state index contributed by atoms with van der Waals surface area (Å²) in [5, 5.41) is 7.24. The largest absolute Gasteiger partial charge is 0.435 e. The second-order valence-corrected chi connectivity index (χ2v) is 5.10. The van der Waals surface area contributed by atoms with Crippen LogP contribution in [0.3, 0.4) is 0 Å². The topological polar surface area (TPSA) is 66.6 Å². The van der Waals surface area contributed by atoms with Gasteiger partial charge in [-0.15, -0.1) is 0 Å². The van der Waals surface area contributed by atoms with Crippen molar-refractivity contribution in [1.29, 1.82) is 0 Å². The second-order valence-electron chi connectivity index (χ2n) is 5.10. The van der Waals surface area contributed by atoms with E-state index in [0.717, 1.165) is 12.8 Å². The molecule has 114 valence electrons. The molecule has 0 saturated heterocycles. The summed E-state index contributed by atoms with van der Waals surface area (Å²) in [7, 11) is 0. The maximum atomic E-state index is 13.1. The fourth-order valence-corrected chi connectivity index (χ4v) is 2.75. The van der Waals surface area contributed by atoms with Crippen LogP contribution in [0.2, 0.25) is 0 Å². The molecule has 5 nitrogen and oxygen atoms in total. The first kappa shape index (κ1) is 14.5. The van der Waals surface area contributed by atoms with Gasteiger partial charge in [0.05, 0.1) is 5.69 Å². The quantitative estimate of drug-likeness (QED) is 0.450. The highest BCUT2D eigenvalue weighted by Crippen LogP contribution is 2.36. The zero-order chi connectivity index (χ0) is 15.7. The Labute approximate surface area is 124 Å². The van der Waals surface area contributed by atoms with Gasteiger partial charge < -0.3 is 0 Å². The molecule has 0 bridgehead atoms.